The van der Waals surface area contributed by atoms with Gasteiger partial charge in [0.1, 0.15) is 5.82 Å². The molecule has 0 aliphatic rings. The quantitative estimate of drug-likeness (QED) is 0.717. The third-order valence-corrected chi connectivity index (χ3v) is 3.41. The lowest BCUT2D eigenvalue weighted by Crippen LogP contribution is -1.96. The van der Waals surface area contributed by atoms with E-state index in [9.17, 15) is 9.18 Å². The summed E-state index contributed by atoms with van der Waals surface area (Å²) in [5, 5.41) is 10.4. The molecular weight excluding hydrogens is 283 g/mol. The molecule has 0 amide bonds. The summed E-state index contributed by atoms with van der Waals surface area (Å²) >= 11 is 0. The van der Waals surface area contributed by atoms with Crippen molar-refractivity contribution in [3.05, 3.63) is 71.6 Å². The Labute approximate surface area is 125 Å². The third kappa shape index (κ3) is 2.17. The highest BCUT2D eigenvalue weighted by molar-refractivity contribution is 6.05. The van der Waals surface area contributed by atoms with Crippen LogP contribution < -0.4 is 0 Å². The fourth-order valence-electron chi connectivity index (χ4n) is 2.40. The van der Waals surface area contributed by atoms with E-state index in [1.165, 1.54) is 24.4 Å². The highest BCUT2D eigenvalue weighted by Crippen LogP contribution is 2.38. The number of hydrogen-bond donors (Lipinski definition) is 1. The van der Waals surface area contributed by atoms with E-state index < -0.39 is 11.8 Å². The minimum atomic E-state index is -1.07. The summed E-state index contributed by atoms with van der Waals surface area (Å²) < 4.78 is 14.1. The first-order valence-corrected chi connectivity index (χ1v) is 6.39. The monoisotopic (exact) mass is 292 g/mol. The first-order valence-electron chi connectivity index (χ1n) is 6.39. The first kappa shape index (κ1) is 13.7. The van der Waals surface area contributed by atoms with Gasteiger partial charge in [0.25, 0.3) is 0 Å². The van der Waals surface area contributed by atoms with Gasteiger partial charge in [0, 0.05) is 11.8 Å². The molecule has 106 valence electrons. The molecular formula is C17H9FN2O2. The second-order valence-electron chi connectivity index (χ2n) is 4.67. The van der Waals surface area contributed by atoms with Gasteiger partial charge in [-0.1, -0.05) is 18.2 Å². The predicted molar refractivity (Wildman–Crippen MR) is 80.4 cm³/mol. The van der Waals surface area contributed by atoms with Crippen molar-refractivity contribution in [3.63, 3.8) is 0 Å². The van der Waals surface area contributed by atoms with Gasteiger partial charge in [-0.3, -0.25) is 4.98 Å². The number of pyridine rings is 1. The number of rotatable bonds is 2. The molecule has 3 rings (SSSR count). The molecule has 0 atom stereocenters. The van der Waals surface area contributed by atoms with Gasteiger partial charge >= 0.3 is 5.97 Å². The van der Waals surface area contributed by atoms with E-state index in [4.69, 9.17) is 11.7 Å². The molecule has 0 saturated carbocycles. The Bertz CT molecular complexity index is 945. The molecule has 0 radical (unpaired) electrons. The second kappa shape index (κ2) is 5.26. The number of carboxylic acid groups (broad SMARTS) is 1. The zero-order valence-corrected chi connectivity index (χ0v) is 11.2. The summed E-state index contributed by atoms with van der Waals surface area (Å²) in [6.45, 7) is 7.29. The van der Waals surface area contributed by atoms with Gasteiger partial charge < -0.3 is 5.11 Å². The lowest BCUT2D eigenvalue weighted by Gasteiger charge is -2.11. The Kier molecular flexibility index (Phi) is 3.28. The van der Waals surface area contributed by atoms with Gasteiger partial charge in [0.15, 0.2) is 5.69 Å². The van der Waals surface area contributed by atoms with Crippen molar-refractivity contribution in [1.82, 2.24) is 4.98 Å². The van der Waals surface area contributed by atoms with E-state index in [2.05, 4.69) is 9.83 Å². The number of fused-ring (bicyclic) bond motifs is 1. The number of carbonyl (C=O) groups is 1. The number of carboxylic acids is 1. The second-order valence-corrected chi connectivity index (χ2v) is 4.67. The van der Waals surface area contributed by atoms with Crippen molar-refractivity contribution in [2.75, 3.05) is 0 Å². The Hall–Kier alpha value is -3.26. The first-order chi connectivity index (χ1) is 10.6. The Morgan fingerprint density at radius 2 is 2.00 bits per heavy atom. The molecule has 0 aliphatic heterocycles. The maximum Gasteiger partial charge on any atom is 0.335 e. The summed E-state index contributed by atoms with van der Waals surface area (Å²) in [6.07, 6.45) is 2.51. The normalized spacial score (nSPS) is 10.4. The van der Waals surface area contributed by atoms with Crippen LogP contribution in [0.5, 0.6) is 0 Å². The minimum absolute atomic E-state index is 0.0883. The fraction of sp³-hybridized carbons (Fsp3) is 0. The smallest absolute Gasteiger partial charge is 0.335 e. The number of hydrogen-bond acceptors (Lipinski definition) is 2. The molecule has 1 heterocycles. The fourth-order valence-corrected chi connectivity index (χ4v) is 2.40. The standard InChI is InChI=1S/C17H9FN2O2/c1-19-15-5-4-10-2-3-11(17(21)22)8-13(10)16(15)12-6-7-20-9-14(12)18/h2-9H,(H,21,22). The van der Waals surface area contributed by atoms with Crippen LogP contribution in [0.25, 0.3) is 26.7 Å². The molecule has 5 heteroatoms. The maximum atomic E-state index is 14.1. The van der Waals surface area contributed by atoms with Gasteiger partial charge in [0.05, 0.1) is 18.3 Å². The molecule has 1 N–H and O–H groups in total. The molecule has 0 bridgehead atoms. The van der Waals surface area contributed by atoms with E-state index in [1.54, 1.807) is 18.2 Å². The Balaban J connectivity index is 2.45. The van der Waals surface area contributed by atoms with Crippen molar-refractivity contribution < 1.29 is 14.3 Å². The van der Waals surface area contributed by atoms with Crippen LogP contribution in [0.4, 0.5) is 10.1 Å². The van der Waals surface area contributed by atoms with E-state index in [-0.39, 0.29) is 16.8 Å². The minimum Gasteiger partial charge on any atom is -0.478 e. The van der Waals surface area contributed by atoms with Crippen LogP contribution in [0.15, 0.2) is 48.8 Å². The lowest BCUT2D eigenvalue weighted by atomic mass is 9.95. The average molecular weight is 292 g/mol. The summed E-state index contributed by atoms with van der Waals surface area (Å²) in [5.41, 5.74) is 0.968. The van der Waals surface area contributed by atoms with Crippen molar-refractivity contribution in [2.24, 2.45) is 0 Å². The van der Waals surface area contributed by atoms with Gasteiger partial charge in [-0.25, -0.2) is 14.0 Å². The van der Waals surface area contributed by atoms with Crippen LogP contribution >= 0.6 is 0 Å². The molecule has 22 heavy (non-hydrogen) atoms. The third-order valence-electron chi connectivity index (χ3n) is 3.41. The van der Waals surface area contributed by atoms with Crippen LogP contribution in [-0.2, 0) is 0 Å². The summed E-state index contributed by atoms with van der Waals surface area (Å²) in [4.78, 5) is 18.3. The number of aromatic carboxylic acids is 1. The van der Waals surface area contributed by atoms with Crippen LogP contribution in [-0.4, -0.2) is 16.1 Å². The van der Waals surface area contributed by atoms with E-state index in [0.717, 1.165) is 11.6 Å². The van der Waals surface area contributed by atoms with Gasteiger partial charge in [-0.05, 0) is 34.5 Å². The number of halogens is 1. The highest BCUT2D eigenvalue weighted by atomic mass is 19.1. The molecule has 0 unspecified atom stereocenters. The largest absolute Gasteiger partial charge is 0.478 e. The molecule has 0 aliphatic carbocycles. The molecule has 1 aromatic heterocycles. The summed E-state index contributed by atoms with van der Waals surface area (Å²) in [7, 11) is 0. The predicted octanol–water partition coefficient (Wildman–Crippen LogP) is 4.29. The van der Waals surface area contributed by atoms with E-state index in [0.29, 0.717) is 10.9 Å². The van der Waals surface area contributed by atoms with Crippen molar-refractivity contribution in [1.29, 1.82) is 0 Å². The number of nitrogens with zero attached hydrogens (tertiary/aromatic N) is 2. The number of benzene rings is 2. The van der Waals surface area contributed by atoms with Crippen molar-refractivity contribution in [2.45, 2.75) is 0 Å². The van der Waals surface area contributed by atoms with Crippen molar-refractivity contribution in [3.8, 4) is 11.1 Å². The van der Waals surface area contributed by atoms with Crippen LogP contribution in [0.2, 0.25) is 0 Å². The van der Waals surface area contributed by atoms with E-state index >= 15 is 0 Å². The maximum absolute atomic E-state index is 14.1. The topological polar surface area (TPSA) is 54.5 Å². The molecule has 0 fully saturated rings. The average Bonchev–Trinajstić information content (AvgIpc) is 2.54. The summed E-state index contributed by atoms with van der Waals surface area (Å²) in [5.74, 6) is -1.63. The van der Waals surface area contributed by atoms with Crippen LogP contribution in [0, 0.1) is 12.4 Å². The van der Waals surface area contributed by atoms with Gasteiger partial charge in [-0.2, -0.15) is 0 Å². The number of aromatic nitrogens is 1. The zero-order valence-electron chi connectivity index (χ0n) is 11.2. The Morgan fingerprint density at radius 3 is 2.68 bits per heavy atom. The SMILES string of the molecule is [C-]#[N+]c1ccc2ccc(C(=O)O)cc2c1-c1ccncc1F. The van der Waals surface area contributed by atoms with Gasteiger partial charge in [-0.15, -0.1) is 0 Å². The van der Waals surface area contributed by atoms with E-state index in [1.807, 2.05) is 0 Å². The van der Waals surface area contributed by atoms with Gasteiger partial charge in [0.2, 0.25) is 0 Å². The molecule has 2 aromatic carbocycles. The molecule has 0 saturated heterocycles. The molecule has 3 aromatic rings. The summed E-state index contributed by atoms with van der Waals surface area (Å²) in [6, 6.07) is 9.39. The molecule has 0 spiro atoms. The lowest BCUT2D eigenvalue weighted by molar-refractivity contribution is 0.0697. The Morgan fingerprint density at radius 1 is 1.23 bits per heavy atom. The highest BCUT2D eigenvalue weighted by Gasteiger charge is 2.15. The van der Waals surface area contributed by atoms with Crippen LogP contribution in [0.1, 0.15) is 10.4 Å². The zero-order chi connectivity index (χ0) is 15.7. The van der Waals surface area contributed by atoms with Crippen LogP contribution in [0.3, 0.4) is 0 Å². The molecule has 4 nitrogen and oxygen atoms in total. The van der Waals surface area contributed by atoms with Crippen molar-refractivity contribution >= 4 is 22.4 Å².